The molecule has 0 aliphatic heterocycles. The lowest BCUT2D eigenvalue weighted by Gasteiger charge is -2.06. The minimum atomic E-state index is 0.396. The Morgan fingerprint density at radius 2 is 2.04 bits per heavy atom. The lowest BCUT2D eigenvalue weighted by Crippen LogP contribution is -1.91. The molecule has 0 bridgehead atoms. The van der Waals surface area contributed by atoms with Crippen molar-refractivity contribution in [1.29, 1.82) is 0 Å². The van der Waals surface area contributed by atoms with Crippen molar-refractivity contribution < 1.29 is 0 Å². The lowest BCUT2D eigenvalue weighted by molar-refractivity contribution is 1.17. The molecule has 0 atom stereocenters. The number of halogens is 1. The van der Waals surface area contributed by atoms with Crippen LogP contribution in [0.3, 0.4) is 0 Å². The SMILES string of the molecule is C=C/C=C(\N=C)c1nc(-c2sc(-c3cncnc3)nc2Cl)cc2ccsc12. The van der Waals surface area contributed by atoms with Gasteiger partial charge in [-0.25, -0.2) is 19.9 Å². The van der Waals surface area contributed by atoms with Gasteiger partial charge in [0.2, 0.25) is 0 Å². The van der Waals surface area contributed by atoms with Gasteiger partial charge in [-0.1, -0.05) is 24.3 Å². The summed E-state index contributed by atoms with van der Waals surface area (Å²) >= 11 is 9.49. The average Bonchev–Trinajstić information content (AvgIpc) is 3.32. The third-order valence-corrected chi connectivity index (χ3v) is 6.20. The van der Waals surface area contributed by atoms with Crippen molar-refractivity contribution >= 4 is 56.8 Å². The Balaban J connectivity index is 1.90. The first kappa shape index (κ1) is 17.7. The van der Waals surface area contributed by atoms with Gasteiger partial charge >= 0.3 is 0 Å². The molecule has 4 heterocycles. The molecule has 0 aromatic carbocycles. The Bertz CT molecular complexity index is 1180. The fraction of sp³-hybridized carbons (Fsp3) is 0. The van der Waals surface area contributed by atoms with Crippen LogP contribution >= 0.6 is 34.3 Å². The fourth-order valence-corrected chi connectivity index (χ4v) is 4.69. The summed E-state index contributed by atoms with van der Waals surface area (Å²) < 4.78 is 1.04. The minimum absolute atomic E-state index is 0.396. The number of fused-ring (bicyclic) bond motifs is 1. The molecule has 0 unspecified atom stereocenters. The first-order chi connectivity index (χ1) is 13.2. The number of thiophene rings is 1. The van der Waals surface area contributed by atoms with E-state index >= 15 is 0 Å². The molecule has 4 aromatic rings. The summed E-state index contributed by atoms with van der Waals surface area (Å²) in [5.74, 6) is 0. The molecule has 27 heavy (non-hydrogen) atoms. The van der Waals surface area contributed by atoms with Crippen molar-refractivity contribution in [3.8, 4) is 21.1 Å². The zero-order valence-corrected chi connectivity index (χ0v) is 16.4. The van der Waals surface area contributed by atoms with Crippen LogP contribution in [0, 0.1) is 0 Å². The Labute approximate surface area is 168 Å². The topological polar surface area (TPSA) is 63.9 Å². The number of nitrogens with zero attached hydrogens (tertiary/aromatic N) is 5. The summed E-state index contributed by atoms with van der Waals surface area (Å²) in [6, 6.07) is 4.05. The van der Waals surface area contributed by atoms with Gasteiger partial charge < -0.3 is 0 Å². The van der Waals surface area contributed by atoms with Gasteiger partial charge in [0.15, 0.2) is 0 Å². The Kier molecular flexibility index (Phi) is 4.89. The average molecular weight is 410 g/mol. The molecular weight excluding hydrogens is 398 g/mol. The van der Waals surface area contributed by atoms with Crippen LogP contribution in [-0.4, -0.2) is 26.7 Å². The molecule has 0 aliphatic carbocycles. The Morgan fingerprint density at radius 3 is 2.78 bits per heavy atom. The van der Waals surface area contributed by atoms with Crippen LogP contribution in [0.15, 0.2) is 60.0 Å². The summed E-state index contributed by atoms with van der Waals surface area (Å²) in [6.07, 6.45) is 8.36. The summed E-state index contributed by atoms with van der Waals surface area (Å²) in [6.45, 7) is 7.40. The first-order valence-corrected chi connectivity index (χ1v) is 9.89. The van der Waals surface area contributed by atoms with E-state index in [1.807, 2.05) is 17.5 Å². The van der Waals surface area contributed by atoms with Gasteiger partial charge in [-0.3, -0.25) is 4.99 Å². The predicted octanol–water partition coefficient (Wildman–Crippen LogP) is 5.76. The summed E-state index contributed by atoms with van der Waals surface area (Å²) in [4.78, 5) is 22.2. The van der Waals surface area contributed by atoms with Crippen molar-refractivity contribution in [3.05, 3.63) is 65.8 Å². The molecule has 0 fully saturated rings. The van der Waals surface area contributed by atoms with Crippen LogP contribution < -0.4 is 0 Å². The second-order valence-corrected chi connectivity index (χ2v) is 7.68. The number of rotatable bonds is 5. The van der Waals surface area contributed by atoms with Crippen LogP contribution in [-0.2, 0) is 0 Å². The number of hydrogen-bond donors (Lipinski definition) is 0. The number of pyridine rings is 1. The maximum Gasteiger partial charge on any atom is 0.150 e. The van der Waals surface area contributed by atoms with Gasteiger partial charge in [-0.15, -0.1) is 22.7 Å². The van der Waals surface area contributed by atoms with Crippen molar-refractivity contribution in [2.45, 2.75) is 0 Å². The Morgan fingerprint density at radius 1 is 1.22 bits per heavy atom. The normalized spacial score (nSPS) is 11.7. The third kappa shape index (κ3) is 3.32. The monoisotopic (exact) mass is 409 g/mol. The van der Waals surface area contributed by atoms with Crippen LogP contribution in [0.2, 0.25) is 5.15 Å². The van der Waals surface area contributed by atoms with Crippen molar-refractivity contribution in [1.82, 2.24) is 19.9 Å². The van der Waals surface area contributed by atoms with Gasteiger partial charge in [0.1, 0.15) is 22.2 Å². The van der Waals surface area contributed by atoms with Crippen LogP contribution in [0.4, 0.5) is 0 Å². The Hall–Kier alpha value is -2.74. The molecule has 8 heteroatoms. The molecule has 4 aromatic heterocycles. The zero-order valence-electron chi connectivity index (χ0n) is 14.0. The van der Waals surface area contributed by atoms with Crippen LogP contribution in [0.5, 0.6) is 0 Å². The van der Waals surface area contributed by atoms with Crippen molar-refractivity contribution in [2.75, 3.05) is 0 Å². The van der Waals surface area contributed by atoms with E-state index in [1.165, 1.54) is 17.7 Å². The highest BCUT2D eigenvalue weighted by Crippen LogP contribution is 2.40. The van der Waals surface area contributed by atoms with Gasteiger partial charge in [0.05, 0.1) is 21.0 Å². The second-order valence-electron chi connectivity index (χ2n) is 5.41. The van der Waals surface area contributed by atoms with E-state index in [0.29, 0.717) is 10.9 Å². The van der Waals surface area contributed by atoms with Gasteiger partial charge in [-0.2, -0.15) is 0 Å². The molecule has 0 spiro atoms. The van der Waals surface area contributed by atoms with Crippen molar-refractivity contribution in [3.63, 3.8) is 0 Å². The molecule has 132 valence electrons. The molecule has 0 N–H and O–H groups in total. The maximum absolute atomic E-state index is 6.44. The van der Waals surface area contributed by atoms with E-state index in [2.05, 4.69) is 33.2 Å². The number of thiazole rings is 1. The highest BCUT2D eigenvalue weighted by Gasteiger charge is 2.18. The predicted molar refractivity (Wildman–Crippen MR) is 114 cm³/mol. The fourth-order valence-electron chi connectivity index (χ4n) is 2.58. The molecule has 0 saturated carbocycles. The molecule has 0 aliphatic rings. The van der Waals surface area contributed by atoms with Gasteiger partial charge in [-0.05, 0) is 35.7 Å². The van der Waals surface area contributed by atoms with E-state index in [9.17, 15) is 0 Å². The maximum atomic E-state index is 6.44. The van der Waals surface area contributed by atoms with E-state index in [4.69, 9.17) is 16.6 Å². The molecule has 4 rings (SSSR count). The quantitative estimate of drug-likeness (QED) is 0.310. The molecular formula is C19H12ClN5S2. The highest BCUT2D eigenvalue weighted by molar-refractivity contribution is 7.19. The minimum Gasteiger partial charge on any atom is -0.262 e. The smallest absolute Gasteiger partial charge is 0.150 e. The number of allylic oxidation sites excluding steroid dienone is 2. The largest absolute Gasteiger partial charge is 0.262 e. The zero-order chi connectivity index (χ0) is 18.8. The summed E-state index contributed by atoms with van der Waals surface area (Å²) in [5.41, 5.74) is 2.96. The molecule has 0 saturated heterocycles. The molecule has 5 nitrogen and oxygen atoms in total. The number of hydrogen-bond acceptors (Lipinski definition) is 7. The molecule has 0 radical (unpaired) electrons. The van der Waals surface area contributed by atoms with Crippen LogP contribution in [0.1, 0.15) is 5.69 Å². The second kappa shape index (κ2) is 7.48. The number of aromatic nitrogens is 4. The van der Waals surface area contributed by atoms with Crippen LogP contribution in [0.25, 0.3) is 36.9 Å². The number of aliphatic imine (C=N–C) groups is 1. The van der Waals surface area contributed by atoms with E-state index in [-0.39, 0.29) is 0 Å². The van der Waals surface area contributed by atoms with Crippen molar-refractivity contribution in [2.24, 2.45) is 4.99 Å². The third-order valence-electron chi connectivity index (χ3n) is 3.75. The molecule has 0 amide bonds. The van der Waals surface area contributed by atoms with E-state index in [0.717, 1.165) is 36.9 Å². The van der Waals surface area contributed by atoms with Gasteiger partial charge in [0, 0.05) is 18.0 Å². The summed E-state index contributed by atoms with van der Waals surface area (Å²) in [5, 5.41) is 4.23. The van der Waals surface area contributed by atoms with E-state index in [1.54, 1.807) is 35.9 Å². The highest BCUT2D eigenvalue weighted by atomic mass is 35.5. The first-order valence-electron chi connectivity index (χ1n) is 7.81. The van der Waals surface area contributed by atoms with E-state index < -0.39 is 0 Å². The summed E-state index contributed by atoms with van der Waals surface area (Å²) in [7, 11) is 0. The lowest BCUT2D eigenvalue weighted by atomic mass is 10.2. The standard InChI is InChI=1S/C19H12ClN5S2/c1-3-4-13(21-2)15-16-11(5-6-26-16)7-14(24-15)17-18(20)25-19(27-17)12-8-22-10-23-9-12/h3-10H,1-2H2/b13-4-. The van der Waals surface area contributed by atoms with Gasteiger partial charge in [0.25, 0.3) is 0 Å².